The maximum absolute atomic E-state index is 6.31. The standard InChI is InChI=1S/C20H33NOS/c1-2-3-6-13-19(22-17-21-14-9-5-10-15-21)20(23)16-18-11-7-4-8-12-18/h4,7-8,11-12,19-20,23H,2-3,5-6,9-10,13-17H2,1H3. The summed E-state index contributed by atoms with van der Waals surface area (Å²) >= 11 is 4.89. The third-order valence-electron chi connectivity index (χ3n) is 4.73. The Bertz CT molecular complexity index is 405. The minimum Gasteiger partial charge on any atom is -0.362 e. The molecule has 0 aromatic heterocycles. The van der Waals surface area contributed by atoms with Crippen LogP contribution in [0, 0.1) is 0 Å². The molecule has 2 rings (SSSR count). The van der Waals surface area contributed by atoms with Crippen molar-refractivity contribution >= 4 is 12.6 Å². The first kappa shape index (κ1) is 18.8. The maximum atomic E-state index is 6.31. The predicted molar refractivity (Wildman–Crippen MR) is 102 cm³/mol. The molecule has 1 aromatic rings. The van der Waals surface area contributed by atoms with E-state index in [1.54, 1.807) is 0 Å². The Morgan fingerprint density at radius 2 is 1.83 bits per heavy atom. The van der Waals surface area contributed by atoms with Crippen LogP contribution in [0.15, 0.2) is 30.3 Å². The van der Waals surface area contributed by atoms with Crippen LogP contribution in [0.3, 0.4) is 0 Å². The first-order chi connectivity index (χ1) is 11.3. The zero-order chi connectivity index (χ0) is 16.3. The van der Waals surface area contributed by atoms with Gasteiger partial charge in [0.2, 0.25) is 0 Å². The van der Waals surface area contributed by atoms with Crippen LogP contribution in [0.25, 0.3) is 0 Å². The number of thiol groups is 1. The SMILES string of the molecule is CCCCCC(OCN1CCCCC1)C(S)Cc1ccccc1. The summed E-state index contributed by atoms with van der Waals surface area (Å²) in [6, 6.07) is 10.7. The summed E-state index contributed by atoms with van der Waals surface area (Å²) < 4.78 is 6.31. The van der Waals surface area contributed by atoms with Crippen molar-refractivity contribution in [3.05, 3.63) is 35.9 Å². The van der Waals surface area contributed by atoms with Gasteiger partial charge < -0.3 is 4.74 Å². The normalized spacial score (nSPS) is 18.7. The van der Waals surface area contributed by atoms with Crippen molar-refractivity contribution < 1.29 is 4.74 Å². The molecule has 3 heteroatoms. The lowest BCUT2D eigenvalue weighted by Crippen LogP contribution is -2.36. The third-order valence-corrected chi connectivity index (χ3v) is 5.24. The number of benzene rings is 1. The number of hydrogen-bond acceptors (Lipinski definition) is 3. The van der Waals surface area contributed by atoms with Crippen molar-refractivity contribution in [3.8, 4) is 0 Å². The number of piperidine rings is 1. The summed E-state index contributed by atoms with van der Waals surface area (Å²) in [5.41, 5.74) is 1.36. The smallest absolute Gasteiger partial charge is 0.0994 e. The lowest BCUT2D eigenvalue weighted by Gasteiger charge is -2.30. The third kappa shape index (κ3) is 7.28. The fraction of sp³-hybridized carbons (Fsp3) is 0.700. The second-order valence-electron chi connectivity index (χ2n) is 6.77. The zero-order valence-electron chi connectivity index (χ0n) is 14.6. The molecule has 1 aliphatic heterocycles. The van der Waals surface area contributed by atoms with E-state index in [1.807, 2.05) is 0 Å². The van der Waals surface area contributed by atoms with Crippen LogP contribution in [0.4, 0.5) is 0 Å². The van der Waals surface area contributed by atoms with Crippen LogP contribution in [0.1, 0.15) is 57.4 Å². The second kappa shape index (κ2) is 11.1. The molecule has 0 bridgehead atoms. The molecule has 0 spiro atoms. The van der Waals surface area contributed by atoms with E-state index >= 15 is 0 Å². The van der Waals surface area contributed by atoms with Crippen molar-refractivity contribution in [2.24, 2.45) is 0 Å². The van der Waals surface area contributed by atoms with Gasteiger partial charge in [-0.2, -0.15) is 12.6 Å². The quantitative estimate of drug-likeness (QED) is 0.480. The van der Waals surface area contributed by atoms with E-state index in [2.05, 4.69) is 42.2 Å². The Morgan fingerprint density at radius 3 is 2.52 bits per heavy atom. The molecule has 1 saturated heterocycles. The van der Waals surface area contributed by atoms with Crippen LogP contribution in [0.2, 0.25) is 0 Å². The fourth-order valence-electron chi connectivity index (χ4n) is 3.26. The number of rotatable bonds is 10. The van der Waals surface area contributed by atoms with Crippen LogP contribution >= 0.6 is 12.6 Å². The van der Waals surface area contributed by atoms with Gasteiger partial charge in [-0.25, -0.2) is 0 Å². The first-order valence-electron chi connectivity index (χ1n) is 9.35. The number of hydrogen-bond donors (Lipinski definition) is 1. The maximum Gasteiger partial charge on any atom is 0.0994 e. The van der Waals surface area contributed by atoms with Crippen molar-refractivity contribution in [2.75, 3.05) is 19.8 Å². The summed E-state index contributed by atoms with van der Waals surface area (Å²) in [4.78, 5) is 2.46. The van der Waals surface area contributed by atoms with E-state index < -0.39 is 0 Å². The lowest BCUT2D eigenvalue weighted by atomic mass is 10.0. The van der Waals surface area contributed by atoms with E-state index in [4.69, 9.17) is 17.4 Å². The van der Waals surface area contributed by atoms with Gasteiger partial charge in [0.05, 0.1) is 12.8 Å². The molecule has 2 atom stereocenters. The molecule has 1 fully saturated rings. The van der Waals surface area contributed by atoms with Crippen molar-refractivity contribution in [2.45, 2.75) is 69.6 Å². The molecule has 0 N–H and O–H groups in total. The largest absolute Gasteiger partial charge is 0.362 e. The molecule has 0 radical (unpaired) electrons. The van der Waals surface area contributed by atoms with E-state index in [1.165, 1.54) is 57.2 Å². The molecule has 2 unspecified atom stereocenters. The summed E-state index contributed by atoms with van der Waals surface area (Å²) in [5, 5.41) is 0.277. The number of unbranched alkanes of at least 4 members (excludes halogenated alkanes) is 2. The average molecular weight is 336 g/mol. The Balaban J connectivity index is 1.83. The molecule has 1 heterocycles. The van der Waals surface area contributed by atoms with Crippen molar-refractivity contribution in [1.82, 2.24) is 4.90 Å². The van der Waals surface area contributed by atoms with Gasteiger partial charge in [0, 0.05) is 18.3 Å². The van der Waals surface area contributed by atoms with E-state index in [-0.39, 0.29) is 11.4 Å². The van der Waals surface area contributed by atoms with Crippen LogP contribution in [-0.4, -0.2) is 36.1 Å². The Labute approximate surface area is 148 Å². The summed E-state index contributed by atoms with van der Waals surface area (Å²) in [5.74, 6) is 0. The van der Waals surface area contributed by atoms with E-state index in [0.717, 1.165) is 19.6 Å². The minimum absolute atomic E-state index is 0.256. The van der Waals surface area contributed by atoms with E-state index in [9.17, 15) is 0 Å². The van der Waals surface area contributed by atoms with Crippen molar-refractivity contribution in [3.63, 3.8) is 0 Å². The number of likely N-dealkylation sites (tertiary alicyclic amines) is 1. The molecule has 0 aliphatic carbocycles. The molecule has 2 nitrogen and oxygen atoms in total. The topological polar surface area (TPSA) is 12.5 Å². The van der Waals surface area contributed by atoms with Crippen LogP contribution < -0.4 is 0 Å². The fourth-order valence-corrected chi connectivity index (χ4v) is 3.70. The molecule has 23 heavy (non-hydrogen) atoms. The monoisotopic (exact) mass is 335 g/mol. The highest BCUT2D eigenvalue weighted by molar-refractivity contribution is 7.81. The lowest BCUT2D eigenvalue weighted by molar-refractivity contribution is -0.0331. The van der Waals surface area contributed by atoms with Gasteiger partial charge in [-0.1, -0.05) is 62.9 Å². The average Bonchev–Trinajstić information content (AvgIpc) is 2.59. The Kier molecular flexibility index (Phi) is 9.10. The molecule has 0 amide bonds. The molecule has 130 valence electrons. The molecular formula is C20H33NOS. The molecular weight excluding hydrogens is 302 g/mol. The number of nitrogens with zero attached hydrogens (tertiary/aromatic N) is 1. The Morgan fingerprint density at radius 1 is 1.09 bits per heavy atom. The second-order valence-corrected chi connectivity index (χ2v) is 7.43. The summed E-state index contributed by atoms with van der Waals surface area (Å²) in [7, 11) is 0. The van der Waals surface area contributed by atoms with Gasteiger partial charge in [-0.05, 0) is 31.2 Å². The van der Waals surface area contributed by atoms with E-state index in [0.29, 0.717) is 0 Å². The van der Waals surface area contributed by atoms with Gasteiger partial charge in [-0.3, -0.25) is 4.90 Å². The summed E-state index contributed by atoms with van der Waals surface area (Å²) in [6.07, 6.45) is 10.2. The van der Waals surface area contributed by atoms with Gasteiger partial charge in [-0.15, -0.1) is 0 Å². The zero-order valence-corrected chi connectivity index (χ0v) is 15.5. The molecule has 1 aliphatic rings. The highest BCUT2D eigenvalue weighted by Crippen LogP contribution is 2.20. The highest BCUT2D eigenvalue weighted by atomic mass is 32.1. The molecule has 0 saturated carbocycles. The van der Waals surface area contributed by atoms with Crippen LogP contribution in [-0.2, 0) is 11.2 Å². The van der Waals surface area contributed by atoms with Gasteiger partial charge >= 0.3 is 0 Å². The Hall–Kier alpha value is -0.510. The van der Waals surface area contributed by atoms with Gasteiger partial charge in [0.25, 0.3) is 0 Å². The van der Waals surface area contributed by atoms with Gasteiger partial charge in [0.1, 0.15) is 0 Å². The summed E-state index contributed by atoms with van der Waals surface area (Å²) in [6.45, 7) is 5.42. The predicted octanol–water partition coefficient (Wildman–Crippen LogP) is 4.94. The van der Waals surface area contributed by atoms with Crippen molar-refractivity contribution in [1.29, 1.82) is 0 Å². The van der Waals surface area contributed by atoms with Gasteiger partial charge in [0.15, 0.2) is 0 Å². The number of ether oxygens (including phenoxy) is 1. The minimum atomic E-state index is 0.256. The van der Waals surface area contributed by atoms with Crippen LogP contribution in [0.5, 0.6) is 0 Å². The highest BCUT2D eigenvalue weighted by Gasteiger charge is 2.21. The molecule has 1 aromatic carbocycles. The first-order valence-corrected chi connectivity index (χ1v) is 9.87.